The predicted octanol–water partition coefficient (Wildman–Crippen LogP) is 2.53. The van der Waals surface area contributed by atoms with Crippen LogP contribution in [0.4, 0.5) is 0 Å². The van der Waals surface area contributed by atoms with Gasteiger partial charge in [0.1, 0.15) is 6.07 Å². The minimum Gasteiger partial charge on any atom is -0.401 e. The fourth-order valence-electron chi connectivity index (χ4n) is 1.79. The minimum absolute atomic E-state index is 0.689. The van der Waals surface area contributed by atoms with Crippen molar-refractivity contribution in [3.8, 4) is 6.07 Å². The first-order chi connectivity index (χ1) is 6.69. The number of allylic oxidation sites excluding steroid dienone is 2. The predicted molar refractivity (Wildman–Crippen MR) is 61.3 cm³/mol. The van der Waals surface area contributed by atoms with E-state index in [4.69, 9.17) is 11.0 Å². The average Bonchev–Trinajstić information content (AvgIpc) is 2.63. The van der Waals surface area contributed by atoms with Crippen LogP contribution in [0.15, 0.2) is 9.91 Å². The second-order valence-corrected chi connectivity index (χ2v) is 5.49. The number of nitriles is 1. The maximum Gasteiger partial charge on any atom is 0.102 e. The molecule has 0 aromatic carbocycles. The summed E-state index contributed by atoms with van der Waals surface area (Å²) >= 11 is 3.50. The van der Waals surface area contributed by atoms with Gasteiger partial charge in [0.25, 0.3) is 0 Å². The fourth-order valence-corrected chi connectivity index (χ4v) is 3.82. The molecule has 2 rings (SSSR count). The smallest absolute Gasteiger partial charge is 0.102 e. The second-order valence-electron chi connectivity index (χ2n) is 3.19. The van der Waals surface area contributed by atoms with Gasteiger partial charge in [0.2, 0.25) is 0 Å². The monoisotopic (exact) mass is 222 g/mol. The molecule has 0 radical (unpaired) electrons. The van der Waals surface area contributed by atoms with Crippen LogP contribution in [0.1, 0.15) is 16.0 Å². The highest BCUT2D eigenvalue weighted by Gasteiger charge is 2.26. The summed E-state index contributed by atoms with van der Waals surface area (Å²) in [4.78, 5) is 1.21. The van der Waals surface area contributed by atoms with Gasteiger partial charge in [0, 0.05) is 22.6 Å². The van der Waals surface area contributed by atoms with E-state index in [9.17, 15) is 0 Å². The third-order valence-electron chi connectivity index (χ3n) is 2.38. The van der Waals surface area contributed by atoms with E-state index in [2.05, 4.69) is 19.2 Å². The molecule has 0 unspecified atom stereocenters. The van der Waals surface area contributed by atoms with Crippen LogP contribution in [0.2, 0.25) is 0 Å². The Hall–Kier alpha value is -0.920. The lowest BCUT2D eigenvalue weighted by Crippen LogP contribution is -1.97. The molecule has 0 saturated carbocycles. The number of nitrogens with zero attached hydrogens (tertiary/aromatic N) is 1. The molecule has 1 aliphatic rings. The van der Waals surface area contributed by atoms with Crippen molar-refractivity contribution in [1.29, 1.82) is 5.26 Å². The first-order valence-corrected chi connectivity index (χ1v) is 6.28. The molecule has 1 aliphatic carbocycles. The summed E-state index contributed by atoms with van der Waals surface area (Å²) in [5, 5.41) is 9.00. The fraction of sp³-hybridized carbons (Fsp3) is 0.300. The number of hydrogen-bond donors (Lipinski definition) is 1. The van der Waals surface area contributed by atoms with Gasteiger partial charge in [0.05, 0.1) is 9.78 Å². The molecule has 1 heterocycles. The molecule has 4 heteroatoms. The molecule has 14 heavy (non-hydrogen) atoms. The molecular formula is C10H10N2S2. The lowest BCUT2D eigenvalue weighted by molar-refractivity contribution is 1.14. The summed E-state index contributed by atoms with van der Waals surface area (Å²) in [6.45, 7) is 2.05. The molecule has 2 N–H and O–H groups in total. The summed E-state index contributed by atoms with van der Waals surface area (Å²) in [6.07, 6.45) is 2.81. The van der Waals surface area contributed by atoms with E-state index in [0.29, 0.717) is 5.57 Å². The molecule has 1 aromatic heterocycles. The van der Waals surface area contributed by atoms with Gasteiger partial charge in [-0.05, 0) is 18.7 Å². The SMILES string of the molecule is CSc1sc(C)c2c1CC(N)=C2C#N. The maximum atomic E-state index is 9.00. The molecular weight excluding hydrogens is 212 g/mol. The lowest BCUT2D eigenvalue weighted by Gasteiger charge is -1.94. The highest BCUT2D eigenvalue weighted by molar-refractivity contribution is 8.00. The minimum atomic E-state index is 0.689. The Morgan fingerprint density at radius 3 is 2.86 bits per heavy atom. The number of thiophene rings is 1. The number of hydrogen-bond acceptors (Lipinski definition) is 4. The summed E-state index contributed by atoms with van der Waals surface area (Å²) < 4.78 is 1.30. The van der Waals surface area contributed by atoms with Crippen LogP contribution in [0.25, 0.3) is 5.57 Å². The van der Waals surface area contributed by atoms with Gasteiger partial charge < -0.3 is 5.73 Å². The molecule has 0 bridgehead atoms. The Kier molecular flexibility index (Phi) is 2.30. The van der Waals surface area contributed by atoms with E-state index in [0.717, 1.165) is 17.7 Å². The van der Waals surface area contributed by atoms with E-state index < -0.39 is 0 Å². The number of nitrogens with two attached hydrogens (primary N) is 1. The van der Waals surface area contributed by atoms with Crippen molar-refractivity contribution in [2.24, 2.45) is 5.73 Å². The van der Waals surface area contributed by atoms with Crippen LogP contribution in [-0.4, -0.2) is 6.26 Å². The molecule has 2 nitrogen and oxygen atoms in total. The molecule has 0 aliphatic heterocycles. The Morgan fingerprint density at radius 2 is 2.29 bits per heavy atom. The van der Waals surface area contributed by atoms with Crippen molar-refractivity contribution in [1.82, 2.24) is 0 Å². The van der Waals surface area contributed by atoms with E-state index in [1.54, 1.807) is 23.1 Å². The molecule has 0 spiro atoms. The Labute approximate surface area is 91.4 Å². The van der Waals surface area contributed by atoms with Gasteiger partial charge in [-0.2, -0.15) is 5.26 Å². The summed E-state index contributed by atoms with van der Waals surface area (Å²) in [6, 6.07) is 2.20. The van der Waals surface area contributed by atoms with Crippen molar-refractivity contribution in [3.63, 3.8) is 0 Å². The van der Waals surface area contributed by atoms with Gasteiger partial charge in [-0.15, -0.1) is 23.1 Å². The number of fused-ring (bicyclic) bond motifs is 1. The summed E-state index contributed by atoms with van der Waals surface area (Å²) in [5.74, 6) is 0. The molecule has 0 fully saturated rings. The van der Waals surface area contributed by atoms with Crippen LogP contribution in [0, 0.1) is 18.3 Å². The maximum absolute atomic E-state index is 9.00. The Balaban J connectivity index is 2.64. The van der Waals surface area contributed by atoms with Gasteiger partial charge in [-0.3, -0.25) is 0 Å². The van der Waals surface area contributed by atoms with E-state index in [1.165, 1.54) is 14.6 Å². The Morgan fingerprint density at radius 1 is 1.57 bits per heavy atom. The first kappa shape index (κ1) is 9.63. The van der Waals surface area contributed by atoms with Gasteiger partial charge in [0.15, 0.2) is 0 Å². The highest BCUT2D eigenvalue weighted by Crippen LogP contribution is 2.43. The van der Waals surface area contributed by atoms with E-state index >= 15 is 0 Å². The van der Waals surface area contributed by atoms with Crippen molar-refractivity contribution in [2.45, 2.75) is 17.6 Å². The zero-order valence-electron chi connectivity index (χ0n) is 8.05. The molecule has 72 valence electrons. The largest absolute Gasteiger partial charge is 0.401 e. The third kappa shape index (κ3) is 1.17. The van der Waals surface area contributed by atoms with Crippen LogP contribution >= 0.6 is 23.1 Å². The molecule has 0 saturated heterocycles. The standard InChI is InChI=1S/C10H10N2S2/c1-5-9-6(10(13-2)14-5)3-8(12)7(9)4-11/h3,12H2,1-2H3. The van der Waals surface area contributed by atoms with E-state index in [-0.39, 0.29) is 0 Å². The zero-order chi connectivity index (χ0) is 10.3. The quantitative estimate of drug-likeness (QED) is 0.743. The van der Waals surface area contributed by atoms with Crippen LogP contribution < -0.4 is 5.73 Å². The van der Waals surface area contributed by atoms with Crippen molar-refractivity contribution in [3.05, 3.63) is 21.7 Å². The zero-order valence-corrected chi connectivity index (χ0v) is 9.68. The molecule has 0 amide bonds. The van der Waals surface area contributed by atoms with Crippen molar-refractivity contribution >= 4 is 28.7 Å². The van der Waals surface area contributed by atoms with Crippen molar-refractivity contribution in [2.75, 3.05) is 6.26 Å². The third-order valence-corrected chi connectivity index (χ3v) is 4.69. The van der Waals surface area contributed by atoms with Crippen LogP contribution in [0.5, 0.6) is 0 Å². The normalized spacial score (nSPS) is 14.4. The first-order valence-electron chi connectivity index (χ1n) is 4.24. The average molecular weight is 222 g/mol. The van der Waals surface area contributed by atoms with Gasteiger partial charge >= 0.3 is 0 Å². The number of aryl methyl sites for hydroxylation is 1. The summed E-state index contributed by atoms with van der Waals surface area (Å²) in [7, 11) is 0. The van der Waals surface area contributed by atoms with Crippen LogP contribution in [0.3, 0.4) is 0 Å². The Bertz CT molecular complexity index is 463. The van der Waals surface area contributed by atoms with Gasteiger partial charge in [-0.25, -0.2) is 0 Å². The van der Waals surface area contributed by atoms with E-state index in [1.807, 2.05) is 0 Å². The summed E-state index contributed by atoms with van der Waals surface area (Å²) in [5.41, 5.74) is 9.60. The number of rotatable bonds is 1. The number of thioether (sulfide) groups is 1. The second kappa shape index (κ2) is 3.34. The topological polar surface area (TPSA) is 49.8 Å². The van der Waals surface area contributed by atoms with Crippen LogP contribution in [-0.2, 0) is 6.42 Å². The lowest BCUT2D eigenvalue weighted by atomic mass is 10.1. The molecule has 0 atom stereocenters. The van der Waals surface area contributed by atoms with Crippen molar-refractivity contribution < 1.29 is 0 Å². The molecule has 1 aromatic rings. The van der Waals surface area contributed by atoms with Gasteiger partial charge in [-0.1, -0.05) is 0 Å². The highest BCUT2D eigenvalue weighted by atomic mass is 32.2.